The van der Waals surface area contributed by atoms with E-state index in [2.05, 4.69) is 29.2 Å². The van der Waals surface area contributed by atoms with Crippen LogP contribution >= 0.6 is 58.8 Å². The monoisotopic (exact) mass is 2020 g/mol. The van der Waals surface area contributed by atoms with Gasteiger partial charge in [0.05, 0.1) is 0 Å². The van der Waals surface area contributed by atoms with Crippen LogP contribution in [0.3, 0.4) is 0 Å². The summed E-state index contributed by atoms with van der Waals surface area (Å²) < 4.78 is 145. The number of amides is 5. The van der Waals surface area contributed by atoms with Crippen molar-refractivity contribution in [3.63, 3.8) is 0 Å². The largest absolute Gasteiger partial charge is 0.375 e. The summed E-state index contributed by atoms with van der Waals surface area (Å²) in [5.41, 5.74) is 34.0. The molecular weight excluding hydrogens is 1910 g/mol. The average molecular weight is 2020 g/mol. The van der Waals surface area contributed by atoms with E-state index in [9.17, 15) is 67.9 Å². The summed E-state index contributed by atoms with van der Waals surface area (Å²) >= 11 is 6.46. The molecule has 10 N–H and O–H groups in total. The van der Waals surface area contributed by atoms with Gasteiger partial charge in [0.2, 0.25) is 23.6 Å². The summed E-state index contributed by atoms with van der Waals surface area (Å²) in [6, 6.07) is 62.9. The minimum absolute atomic E-state index is 0.0192. The molecule has 5 heterocycles. The normalized spacial score (nSPS) is 19.6. The van der Waals surface area contributed by atoms with Gasteiger partial charge in [0, 0.05) is 59.6 Å². The molecule has 0 aliphatic carbocycles. The zero-order chi connectivity index (χ0) is 102. The van der Waals surface area contributed by atoms with Crippen molar-refractivity contribution in [2.45, 2.75) is 138 Å². The number of hydrogen-bond acceptors (Lipinski definition) is 21. The minimum atomic E-state index is -1.10. The fraction of sp³-hybridized carbons (Fsp3) is 0.327. The van der Waals surface area contributed by atoms with E-state index in [0.29, 0.717) is 104 Å². The van der Waals surface area contributed by atoms with Crippen LogP contribution in [-0.2, 0) is 53.1 Å². The molecule has 0 radical (unpaired) electrons. The fourth-order valence-electron chi connectivity index (χ4n) is 16.3. The first-order chi connectivity index (χ1) is 67.0. The van der Waals surface area contributed by atoms with Gasteiger partial charge in [-0.05, 0) is 227 Å². The first-order valence-electron chi connectivity index (χ1n) is 45.6. The molecule has 0 aromatic heterocycles. The van der Waals surface area contributed by atoms with Crippen LogP contribution in [0.4, 0.5) is 43.9 Å². The smallest absolute Gasteiger partial charge is 0.270 e. The Bertz CT molecular complexity index is 6040. The number of ether oxygens (including phenoxy) is 1. The van der Waals surface area contributed by atoms with Crippen molar-refractivity contribution < 1.29 is 72.6 Å². The number of methoxy groups -OCH3 is 1. The van der Waals surface area contributed by atoms with E-state index in [4.69, 9.17) is 43.6 Å². The third kappa shape index (κ3) is 24.7. The molecule has 5 aliphatic rings. The Balaban J connectivity index is 0.000000167. The lowest BCUT2D eigenvalue weighted by molar-refractivity contribution is -0.140. The molecule has 0 fully saturated rings. The summed E-state index contributed by atoms with van der Waals surface area (Å²) in [5.74, 6) is -7.23. The topological polar surface area (TPSA) is 303 Å². The van der Waals surface area contributed by atoms with E-state index >= 15 is 0 Å². The molecule has 10 aromatic rings. The number of nitrogens with two attached hydrogens (primary N) is 5. The maximum Gasteiger partial charge on any atom is 0.270 e. The molecule has 0 saturated carbocycles. The quantitative estimate of drug-likeness (QED) is 0.0261. The van der Waals surface area contributed by atoms with Crippen LogP contribution in [0.5, 0.6) is 0 Å². The summed E-state index contributed by atoms with van der Waals surface area (Å²) in [6.45, 7) is 18.4. The van der Waals surface area contributed by atoms with Crippen LogP contribution in [0.2, 0.25) is 0 Å². The van der Waals surface area contributed by atoms with Gasteiger partial charge in [-0.25, -0.2) is 68.9 Å². The number of carbonyl (C=O) groups excluding carboxylic acids is 5. The third-order valence-corrected chi connectivity index (χ3v) is 30.9. The first-order valence-corrected chi connectivity index (χ1v) is 49.7. The molecule has 140 heavy (non-hydrogen) atoms. The lowest BCUT2D eigenvalue weighted by Crippen LogP contribution is -2.48. The fourth-order valence-corrected chi connectivity index (χ4v) is 23.5. The lowest BCUT2D eigenvalue weighted by atomic mass is 9.89. The molecule has 0 spiro atoms. The highest BCUT2D eigenvalue weighted by molar-refractivity contribution is 8.16. The summed E-state index contributed by atoms with van der Waals surface area (Å²) in [5, 5.41) is 31.3. The lowest BCUT2D eigenvalue weighted by Gasteiger charge is -2.41. The van der Waals surface area contributed by atoms with E-state index in [0.717, 1.165) is 108 Å². The van der Waals surface area contributed by atoms with Crippen molar-refractivity contribution in [1.82, 2.24) is 25.0 Å². The summed E-state index contributed by atoms with van der Waals surface area (Å²) in [6.07, 6.45) is 4.39. The van der Waals surface area contributed by atoms with Crippen LogP contribution in [0.15, 0.2) is 268 Å². The number of hydrazone groups is 5. The van der Waals surface area contributed by atoms with Gasteiger partial charge >= 0.3 is 0 Å². The number of carbonyl (C=O) groups is 5. The molecule has 36 heteroatoms. The Kier molecular flexibility index (Phi) is 38.5. The van der Waals surface area contributed by atoms with Gasteiger partial charge in [-0.1, -0.05) is 254 Å². The van der Waals surface area contributed by atoms with Gasteiger partial charge in [-0.15, -0.1) is 0 Å². The Morgan fingerprint density at radius 2 is 0.614 bits per heavy atom. The second kappa shape index (κ2) is 49.4. The first kappa shape index (κ1) is 109. The molecule has 5 amide bonds. The van der Waals surface area contributed by atoms with Crippen molar-refractivity contribution in [3.8, 4) is 0 Å². The van der Waals surface area contributed by atoms with Gasteiger partial charge in [0.15, 0.2) is 0 Å². The second-order valence-electron chi connectivity index (χ2n) is 34.3. The number of rotatable bonds is 30. The van der Waals surface area contributed by atoms with E-state index < -0.39 is 82.7 Å². The van der Waals surface area contributed by atoms with Gasteiger partial charge in [0.1, 0.15) is 114 Å². The maximum atomic E-state index is 14.4. The number of thioether (sulfide) groups is 5. The highest BCUT2D eigenvalue weighted by Gasteiger charge is 2.56. The Hall–Kier alpha value is -11.3. The molecule has 7 atom stereocenters. The van der Waals surface area contributed by atoms with Crippen molar-refractivity contribution in [2.75, 3.05) is 46.4 Å². The molecular formula is C104H113F10N15O6S5. The predicted octanol–water partition coefficient (Wildman–Crippen LogP) is 21.1. The number of benzene rings is 10. The molecule has 0 bridgehead atoms. The van der Waals surface area contributed by atoms with Gasteiger partial charge in [-0.3, -0.25) is 24.0 Å². The summed E-state index contributed by atoms with van der Waals surface area (Å²) in [4.78, 5) is 60.0. The molecule has 7 unspecified atom stereocenters. The van der Waals surface area contributed by atoms with E-state index in [-0.39, 0.29) is 97.4 Å². The van der Waals surface area contributed by atoms with Crippen LogP contribution in [0, 0.1) is 87.8 Å². The van der Waals surface area contributed by atoms with Crippen molar-refractivity contribution >= 4 is 114 Å². The highest BCUT2D eigenvalue weighted by Crippen LogP contribution is 2.58. The van der Waals surface area contributed by atoms with Crippen LogP contribution in [0.1, 0.15) is 169 Å². The predicted molar refractivity (Wildman–Crippen MR) is 540 cm³/mol. The van der Waals surface area contributed by atoms with Crippen LogP contribution < -0.4 is 28.7 Å². The number of halogens is 10. The van der Waals surface area contributed by atoms with Crippen molar-refractivity contribution in [1.29, 1.82) is 0 Å². The van der Waals surface area contributed by atoms with Gasteiger partial charge in [-0.2, -0.15) is 25.5 Å². The van der Waals surface area contributed by atoms with Crippen LogP contribution in [-0.4, -0.2) is 126 Å². The van der Waals surface area contributed by atoms with E-state index in [1.54, 1.807) is 54.2 Å². The molecule has 15 rings (SSSR count). The Labute approximate surface area is 830 Å². The van der Waals surface area contributed by atoms with Crippen molar-refractivity contribution in [2.24, 2.45) is 83.8 Å². The summed E-state index contributed by atoms with van der Waals surface area (Å²) in [7, 11) is 1.42. The van der Waals surface area contributed by atoms with Gasteiger partial charge in [0.25, 0.3) is 5.91 Å². The molecule has 5 aliphatic heterocycles. The zero-order valence-electron chi connectivity index (χ0n) is 79.0. The second-order valence-corrected chi connectivity index (χ2v) is 40.5. The minimum Gasteiger partial charge on any atom is -0.375 e. The van der Waals surface area contributed by atoms with E-state index in [1.165, 1.54) is 119 Å². The van der Waals surface area contributed by atoms with Gasteiger partial charge < -0.3 is 33.4 Å². The molecule has 10 aromatic carbocycles. The molecule has 21 nitrogen and oxygen atoms in total. The Morgan fingerprint density at radius 3 is 0.936 bits per heavy atom. The highest BCUT2D eigenvalue weighted by atomic mass is 32.2. The molecule has 0 saturated heterocycles. The maximum absolute atomic E-state index is 14.4. The SMILES string of the molecule is CC(=O)N1N=C(c2cc(F)ccc2F)SC1(CCCN)c1cccc(F)c1.CC(C)C(=O)N1N=C(c2cc(F)ccc2F)SC1(CCCN)c1cccc(F)c1.CC(C)C(=O)N1N=C(c2cccc(F)c2)SC1(c1ccccc1)C(C)CCN.CC(C)C(=O)N1N=C(c2cccc(F)c2)SC1(c1ccccc1)C(C)CCN.COCC(=O)N1N=C(c2cc(F)ccc2F)SC1(CCCN)c1ccccc1. The number of hydrogen-bond donors (Lipinski definition) is 5. The number of nitrogens with zero attached hydrogens (tertiary/aromatic N) is 10. The molecule has 740 valence electrons. The van der Waals surface area contributed by atoms with Crippen LogP contribution in [0.25, 0.3) is 0 Å². The van der Waals surface area contributed by atoms with E-state index in [1.807, 2.05) is 131 Å². The van der Waals surface area contributed by atoms with Crippen molar-refractivity contribution in [3.05, 3.63) is 356 Å². The average Bonchev–Trinajstić information content (AvgIpc) is 1.58. The third-order valence-electron chi connectivity index (χ3n) is 23.3. The standard InChI is InChI=1S/2C22H26FN3OS.C21H22F3N3OS.C20H21F2N3O2S.C19H18F3N3OS/c2*1-15(2)21(27)26-22(16(3)12-13-24,18-9-5-4-6-10-18)28-20(25-26)17-8-7-11-19(23)14-17;1-13(2)20(28)27-21(9-4-10-25,14-5-3-6-15(22)11-14)29-19(26-27)17-12-16(23)7-8-18(17)24;1-27-13-18(26)25-20(10-5-11-23,14-6-3-2-4-7-14)28-19(24-25)16-12-15(21)8-9-17(16)22;1-12(26)25-19(8-3-9-23,13-4-2-5-14(20)10-13)27-18(24-25)16-11-15(21)6-7-17(16)22/h2*4-11,14-16H,12-13,24H2,1-3H3;3,5-8,11-13H,4,9-10,25H2,1-2H3;2-4,6-9,12H,5,10-11,13,23H2,1H3;2,4-7,10-11H,3,8-9,23H2,1H3. The zero-order valence-corrected chi connectivity index (χ0v) is 83.1. The Morgan fingerprint density at radius 1 is 0.321 bits per heavy atom.